The molecule has 0 bridgehead atoms. The van der Waals surface area contributed by atoms with Gasteiger partial charge in [-0.25, -0.2) is 0 Å². The largest absolute Gasteiger partial charge is 0.314 e. The van der Waals surface area contributed by atoms with E-state index in [9.17, 15) is 0 Å². The SMILES string of the molecule is C.C.C.CC(C)CCCNC1CCCCC1.CC(C)Cc1ccc(CNCCCNC2CCCCC2)cc1. The minimum atomic E-state index is 0. The molecule has 3 N–H and O–H groups in total. The van der Waals surface area contributed by atoms with Crippen molar-refractivity contribution in [3.8, 4) is 0 Å². The molecule has 0 atom stereocenters. The Bertz CT molecular complexity index is 598. The molecule has 3 heteroatoms. The van der Waals surface area contributed by atoms with Crippen molar-refractivity contribution in [3.05, 3.63) is 35.4 Å². The van der Waals surface area contributed by atoms with Gasteiger partial charge in [-0.05, 0) is 94.0 Å². The molecule has 0 aromatic heterocycles. The van der Waals surface area contributed by atoms with Crippen LogP contribution in [0.25, 0.3) is 0 Å². The van der Waals surface area contributed by atoms with Gasteiger partial charge in [-0.3, -0.25) is 0 Å². The van der Waals surface area contributed by atoms with Crippen LogP contribution in [0, 0.1) is 11.8 Å². The van der Waals surface area contributed by atoms with Gasteiger partial charge in [0, 0.05) is 18.6 Å². The average Bonchev–Trinajstić information content (AvgIpc) is 2.86. The van der Waals surface area contributed by atoms with Crippen LogP contribution in [0.1, 0.15) is 145 Å². The number of nitrogens with one attached hydrogen (secondary N) is 3. The van der Waals surface area contributed by atoms with Gasteiger partial charge in [0.25, 0.3) is 0 Å². The Labute approximate surface area is 241 Å². The third-order valence-corrected chi connectivity index (χ3v) is 7.56. The maximum atomic E-state index is 3.71. The summed E-state index contributed by atoms with van der Waals surface area (Å²) in [5.41, 5.74) is 2.85. The summed E-state index contributed by atoms with van der Waals surface area (Å²) in [5, 5.41) is 10.9. The maximum Gasteiger partial charge on any atom is 0.0205 e. The number of benzene rings is 1. The predicted molar refractivity (Wildman–Crippen MR) is 175 cm³/mol. The molecule has 0 saturated heterocycles. The van der Waals surface area contributed by atoms with Crippen LogP contribution in [-0.4, -0.2) is 31.7 Å². The fourth-order valence-corrected chi connectivity index (χ4v) is 5.45. The molecule has 1 aromatic rings. The Hall–Kier alpha value is -0.900. The summed E-state index contributed by atoms with van der Waals surface area (Å²) in [6.45, 7) is 13.7. The summed E-state index contributed by atoms with van der Waals surface area (Å²) >= 11 is 0. The maximum absolute atomic E-state index is 3.71. The van der Waals surface area contributed by atoms with Crippen LogP contribution in [0.3, 0.4) is 0 Å². The van der Waals surface area contributed by atoms with Gasteiger partial charge < -0.3 is 16.0 Å². The zero-order valence-electron chi connectivity index (χ0n) is 23.8. The highest BCUT2D eigenvalue weighted by molar-refractivity contribution is 5.22. The fraction of sp³-hybridized carbons (Fsp3) is 0.829. The van der Waals surface area contributed by atoms with Gasteiger partial charge in [0.05, 0.1) is 0 Å². The first-order valence-corrected chi connectivity index (χ1v) is 15.3. The lowest BCUT2D eigenvalue weighted by Crippen LogP contribution is -2.33. The van der Waals surface area contributed by atoms with Crippen LogP contribution in [0.4, 0.5) is 0 Å². The van der Waals surface area contributed by atoms with Crippen molar-refractivity contribution < 1.29 is 0 Å². The van der Waals surface area contributed by atoms with Crippen molar-refractivity contribution in [2.24, 2.45) is 11.8 Å². The summed E-state index contributed by atoms with van der Waals surface area (Å²) in [4.78, 5) is 0. The summed E-state index contributed by atoms with van der Waals surface area (Å²) in [6.07, 6.45) is 19.4. The van der Waals surface area contributed by atoms with Crippen LogP contribution in [0.15, 0.2) is 24.3 Å². The lowest BCUT2D eigenvalue weighted by molar-refractivity contribution is 0.366. The van der Waals surface area contributed by atoms with Gasteiger partial charge >= 0.3 is 0 Å². The molecule has 0 unspecified atom stereocenters. The highest BCUT2D eigenvalue weighted by atomic mass is 14.9. The third-order valence-electron chi connectivity index (χ3n) is 7.56. The minimum Gasteiger partial charge on any atom is -0.314 e. The second-order valence-electron chi connectivity index (χ2n) is 12.1. The van der Waals surface area contributed by atoms with E-state index < -0.39 is 0 Å². The zero-order chi connectivity index (χ0) is 25.1. The summed E-state index contributed by atoms with van der Waals surface area (Å²) < 4.78 is 0. The minimum absolute atomic E-state index is 0. The van der Waals surface area contributed by atoms with Crippen molar-refractivity contribution in [1.29, 1.82) is 0 Å². The van der Waals surface area contributed by atoms with E-state index in [0.717, 1.165) is 43.6 Å². The standard InChI is InChI=1S/C20H34N2.C12H25N.3CH4/c1-17(2)15-18-9-11-19(12-10-18)16-21-13-6-14-22-20-7-4-3-5-8-20;1-11(2)7-6-10-13-12-8-4-3-5-9-12;;;/h9-12,17,20-22H,3-8,13-16H2,1-2H3;11-13H,3-10H2,1-2H3;3*1H4. The molecule has 2 aliphatic rings. The van der Waals surface area contributed by atoms with Gasteiger partial charge in [0.15, 0.2) is 0 Å². The predicted octanol–water partition coefficient (Wildman–Crippen LogP) is 9.54. The van der Waals surface area contributed by atoms with E-state index in [-0.39, 0.29) is 22.3 Å². The first kappa shape index (κ1) is 39.2. The molecule has 2 saturated carbocycles. The lowest BCUT2D eigenvalue weighted by Gasteiger charge is -2.22. The number of hydrogen-bond acceptors (Lipinski definition) is 3. The quantitative estimate of drug-likeness (QED) is 0.208. The van der Waals surface area contributed by atoms with Crippen molar-refractivity contribution >= 4 is 0 Å². The highest BCUT2D eigenvalue weighted by Crippen LogP contribution is 2.18. The highest BCUT2D eigenvalue weighted by Gasteiger charge is 2.12. The van der Waals surface area contributed by atoms with E-state index >= 15 is 0 Å². The monoisotopic (exact) mass is 534 g/mol. The molecule has 0 radical (unpaired) electrons. The summed E-state index contributed by atoms with van der Waals surface area (Å²) in [7, 11) is 0. The van der Waals surface area contributed by atoms with Crippen LogP contribution in [0.5, 0.6) is 0 Å². The Morgan fingerprint density at radius 2 is 1.08 bits per heavy atom. The second-order valence-corrected chi connectivity index (χ2v) is 12.1. The molecular formula is C35H71N3. The first-order valence-electron chi connectivity index (χ1n) is 15.3. The Kier molecular flexibility index (Phi) is 25.9. The molecule has 0 heterocycles. The van der Waals surface area contributed by atoms with Gasteiger partial charge in [0.1, 0.15) is 0 Å². The molecular weight excluding hydrogens is 462 g/mol. The lowest BCUT2D eigenvalue weighted by atomic mass is 9.95. The van der Waals surface area contributed by atoms with Gasteiger partial charge in [-0.1, -0.05) is 113 Å². The molecule has 0 spiro atoms. The summed E-state index contributed by atoms with van der Waals surface area (Å²) in [5.74, 6) is 1.61. The van der Waals surface area contributed by atoms with Crippen LogP contribution in [0.2, 0.25) is 0 Å². The molecule has 3 nitrogen and oxygen atoms in total. The van der Waals surface area contributed by atoms with Gasteiger partial charge in [0.2, 0.25) is 0 Å². The third kappa shape index (κ3) is 20.1. The smallest absolute Gasteiger partial charge is 0.0205 e. The molecule has 3 rings (SSSR count). The molecule has 0 aliphatic heterocycles. The molecule has 2 fully saturated rings. The van der Waals surface area contributed by atoms with Crippen molar-refractivity contribution in [1.82, 2.24) is 16.0 Å². The van der Waals surface area contributed by atoms with Crippen molar-refractivity contribution in [2.75, 3.05) is 19.6 Å². The normalized spacial score (nSPS) is 16.2. The molecule has 1 aromatic carbocycles. The van der Waals surface area contributed by atoms with Gasteiger partial charge in [-0.2, -0.15) is 0 Å². The van der Waals surface area contributed by atoms with Crippen LogP contribution < -0.4 is 16.0 Å². The molecule has 38 heavy (non-hydrogen) atoms. The second kappa shape index (κ2) is 25.1. The fourth-order valence-electron chi connectivity index (χ4n) is 5.45. The van der Waals surface area contributed by atoms with E-state index in [1.54, 1.807) is 0 Å². The van der Waals surface area contributed by atoms with Crippen LogP contribution in [-0.2, 0) is 13.0 Å². The van der Waals surface area contributed by atoms with E-state index in [0.29, 0.717) is 0 Å². The summed E-state index contributed by atoms with van der Waals surface area (Å²) in [6, 6.07) is 10.7. The van der Waals surface area contributed by atoms with E-state index in [2.05, 4.69) is 67.9 Å². The molecule has 226 valence electrons. The first-order chi connectivity index (χ1) is 17.0. The topological polar surface area (TPSA) is 36.1 Å². The van der Waals surface area contributed by atoms with E-state index in [1.807, 2.05) is 0 Å². The van der Waals surface area contributed by atoms with E-state index in [1.165, 1.54) is 108 Å². The van der Waals surface area contributed by atoms with Crippen molar-refractivity contribution in [2.45, 2.75) is 158 Å². The number of hydrogen-bond donors (Lipinski definition) is 3. The Balaban J connectivity index is 0. The van der Waals surface area contributed by atoms with E-state index in [4.69, 9.17) is 0 Å². The average molecular weight is 534 g/mol. The Morgan fingerprint density at radius 3 is 1.55 bits per heavy atom. The van der Waals surface area contributed by atoms with Gasteiger partial charge in [-0.15, -0.1) is 0 Å². The Morgan fingerprint density at radius 1 is 0.605 bits per heavy atom. The zero-order valence-corrected chi connectivity index (χ0v) is 23.8. The van der Waals surface area contributed by atoms with Crippen molar-refractivity contribution in [3.63, 3.8) is 0 Å². The number of rotatable bonds is 14. The molecule has 0 amide bonds. The van der Waals surface area contributed by atoms with Crippen LogP contribution >= 0.6 is 0 Å². The molecule has 2 aliphatic carbocycles.